The van der Waals surface area contributed by atoms with Crippen molar-refractivity contribution in [3.05, 3.63) is 40.2 Å². The van der Waals surface area contributed by atoms with Gasteiger partial charge in [-0.25, -0.2) is 4.79 Å². The van der Waals surface area contributed by atoms with Gasteiger partial charge in [-0.1, -0.05) is 0 Å². The quantitative estimate of drug-likeness (QED) is 0.779. The summed E-state index contributed by atoms with van der Waals surface area (Å²) in [6.45, 7) is 4.84. The Morgan fingerprint density at radius 2 is 1.95 bits per heavy atom. The molecular formula is C16H17NO5. The first-order valence-electron chi connectivity index (χ1n) is 7.00. The van der Waals surface area contributed by atoms with Gasteiger partial charge in [0.05, 0.1) is 11.6 Å². The van der Waals surface area contributed by atoms with Crippen molar-refractivity contribution in [3.8, 4) is 5.75 Å². The number of benzene rings is 1. The second-order valence-corrected chi connectivity index (χ2v) is 5.98. The van der Waals surface area contributed by atoms with Gasteiger partial charge in [0.15, 0.2) is 0 Å². The minimum absolute atomic E-state index is 0.289. The number of amides is 1. The van der Waals surface area contributed by atoms with E-state index in [1.807, 2.05) is 0 Å². The normalized spacial score (nSPS) is 22.7. The average molecular weight is 303 g/mol. The Hall–Kier alpha value is -2.34. The Morgan fingerprint density at radius 1 is 1.27 bits per heavy atom. The number of aliphatic hydroxyl groups is 1. The number of ether oxygens (including phenoxy) is 1. The van der Waals surface area contributed by atoms with E-state index >= 15 is 0 Å². The second-order valence-electron chi connectivity index (χ2n) is 5.98. The summed E-state index contributed by atoms with van der Waals surface area (Å²) in [4.78, 5) is 23.1. The van der Waals surface area contributed by atoms with E-state index < -0.39 is 23.4 Å². The van der Waals surface area contributed by atoms with Crippen LogP contribution in [0.25, 0.3) is 11.0 Å². The summed E-state index contributed by atoms with van der Waals surface area (Å²) in [5.74, 6) is 0.193. The number of carbonyl (C=O) groups excluding carboxylic acids is 1. The third-order valence-electron chi connectivity index (χ3n) is 3.86. The van der Waals surface area contributed by atoms with E-state index in [2.05, 4.69) is 5.32 Å². The summed E-state index contributed by atoms with van der Waals surface area (Å²) in [6.07, 6.45) is -0.986. The molecule has 1 aromatic carbocycles. The average Bonchev–Trinajstić information content (AvgIpc) is 2.42. The van der Waals surface area contributed by atoms with E-state index in [0.717, 1.165) is 0 Å². The molecule has 1 aliphatic rings. The summed E-state index contributed by atoms with van der Waals surface area (Å²) >= 11 is 0. The van der Waals surface area contributed by atoms with Crippen LogP contribution in [0.3, 0.4) is 0 Å². The Bertz CT molecular complexity index is 808. The van der Waals surface area contributed by atoms with Crippen molar-refractivity contribution >= 4 is 16.9 Å². The molecule has 2 aromatic rings. The van der Waals surface area contributed by atoms with E-state index in [-0.39, 0.29) is 5.91 Å². The molecule has 6 heteroatoms. The van der Waals surface area contributed by atoms with Crippen LogP contribution in [0.15, 0.2) is 33.5 Å². The molecule has 2 atom stereocenters. The van der Waals surface area contributed by atoms with Crippen LogP contribution in [0.4, 0.5) is 0 Å². The summed E-state index contributed by atoms with van der Waals surface area (Å²) in [7, 11) is 0. The highest BCUT2D eigenvalue weighted by atomic mass is 16.5. The van der Waals surface area contributed by atoms with Crippen molar-refractivity contribution in [1.29, 1.82) is 0 Å². The Morgan fingerprint density at radius 3 is 2.64 bits per heavy atom. The predicted molar refractivity (Wildman–Crippen MR) is 79.8 cm³/mol. The lowest BCUT2D eigenvalue weighted by Gasteiger charge is -2.42. The third kappa shape index (κ3) is 2.25. The number of hydrogen-bond acceptors (Lipinski definition) is 5. The fourth-order valence-corrected chi connectivity index (χ4v) is 2.79. The number of nitrogens with one attached hydrogen (secondary N) is 1. The van der Waals surface area contributed by atoms with Crippen LogP contribution < -0.4 is 15.7 Å². The molecule has 0 saturated carbocycles. The lowest BCUT2D eigenvalue weighted by atomic mass is 9.85. The molecule has 116 valence electrons. The SMILES string of the molecule is CC(=O)N[C@H]1c2c(ccc3ccc(=O)oc23)OC(C)(C)[C@H]1O. The van der Waals surface area contributed by atoms with Gasteiger partial charge in [-0.3, -0.25) is 4.79 Å². The molecule has 6 nitrogen and oxygen atoms in total. The maximum absolute atomic E-state index is 11.5. The molecule has 0 bridgehead atoms. The lowest BCUT2D eigenvalue weighted by Crippen LogP contribution is -2.53. The molecule has 1 aromatic heterocycles. The van der Waals surface area contributed by atoms with Crippen molar-refractivity contribution in [2.24, 2.45) is 0 Å². The highest BCUT2D eigenvalue weighted by Gasteiger charge is 2.44. The predicted octanol–water partition coefficient (Wildman–Crippen LogP) is 1.50. The van der Waals surface area contributed by atoms with Crippen molar-refractivity contribution in [3.63, 3.8) is 0 Å². The van der Waals surface area contributed by atoms with Crippen LogP contribution in [0.2, 0.25) is 0 Å². The van der Waals surface area contributed by atoms with Gasteiger partial charge in [-0.2, -0.15) is 0 Å². The highest BCUT2D eigenvalue weighted by molar-refractivity contribution is 5.84. The first-order valence-corrected chi connectivity index (χ1v) is 7.00. The minimum Gasteiger partial charge on any atom is -0.485 e. The van der Waals surface area contributed by atoms with Gasteiger partial charge in [0.2, 0.25) is 5.91 Å². The smallest absolute Gasteiger partial charge is 0.336 e. The van der Waals surface area contributed by atoms with Gasteiger partial charge in [0.1, 0.15) is 23.0 Å². The maximum atomic E-state index is 11.5. The zero-order chi connectivity index (χ0) is 16.1. The van der Waals surface area contributed by atoms with Gasteiger partial charge in [-0.15, -0.1) is 0 Å². The van der Waals surface area contributed by atoms with E-state index in [9.17, 15) is 14.7 Å². The fraction of sp³-hybridized carbons (Fsp3) is 0.375. The molecule has 3 rings (SSSR count). The number of fused-ring (bicyclic) bond motifs is 3. The minimum atomic E-state index is -0.986. The molecule has 0 fully saturated rings. The fourth-order valence-electron chi connectivity index (χ4n) is 2.79. The summed E-state index contributed by atoms with van der Waals surface area (Å²) in [5.41, 5.74) is -0.583. The van der Waals surface area contributed by atoms with Crippen LogP contribution in [0, 0.1) is 0 Å². The van der Waals surface area contributed by atoms with Crippen LogP contribution in [0.1, 0.15) is 32.4 Å². The Kier molecular flexibility index (Phi) is 3.21. The summed E-state index contributed by atoms with van der Waals surface area (Å²) in [5, 5.41) is 14.0. The molecule has 1 aliphatic heterocycles. The molecule has 2 N–H and O–H groups in total. The number of carbonyl (C=O) groups is 1. The van der Waals surface area contributed by atoms with E-state index in [0.29, 0.717) is 22.3 Å². The number of hydrogen-bond donors (Lipinski definition) is 2. The molecule has 22 heavy (non-hydrogen) atoms. The number of rotatable bonds is 1. The van der Waals surface area contributed by atoms with Crippen LogP contribution in [-0.4, -0.2) is 22.7 Å². The van der Waals surface area contributed by atoms with Crippen molar-refractivity contribution in [2.45, 2.75) is 38.5 Å². The van der Waals surface area contributed by atoms with Crippen molar-refractivity contribution < 1.29 is 19.1 Å². The largest absolute Gasteiger partial charge is 0.485 e. The van der Waals surface area contributed by atoms with Crippen molar-refractivity contribution in [2.75, 3.05) is 0 Å². The lowest BCUT2D eigenvalue weighted by molar-refractivity contribution is -0.123. The van der Waals surface area contributed by atoms with Crippen molar-refractivity contribution in [1.82, 2.24) is 5.32 Å². The molecule has 0 spiro atoms. The number of aliphatic hydroxyl groups excluding tert-OH is 1. The zero-order valence-corrected chi connectivity index (χ0v) is 12.5. The molecule has 0 radical (unpaired) electrons. The molecule has 0 saturated heterocycles. The standard InChI is InChI=1S/C16H17NO5/c1-8(18)17-13-12-10(22-16(2,3)15(13)20)6-4-9-5-7-11(19)21-14(9)12/h4-7,13,15,20H,1-3H3,(H,17,18)/t13-,15-/m0/s1. The highest BCUT2D eigenvalue weighted by Crippen LogP contribution is 2.43. The van der Waals surface area contributed by atoms with Crippen LogP contribution in [-0.2, 0) is 4.79 Å². The van der Waals surface area contributed by atoms with E-state index in [1.54, 1.807) is 32.0 Å². The molecule has 0 aliphatic carbocycles. The van der Waals surface area contributed by atoms with Gasteiger partial charge in [-0.05, 0) is 32.0 Å². The van der Waals surface area contributed by atoms with Gasteiger partial charge in [0.25, 0.3) is 0 Å². The first-order chi connectivity index (χ1) is 10.3. The van der Waals surface area contributed by atoms with Gasteiger partial charge in [0, 0.05) is 18.4 Å². The van der Waals surface area contributed by atoms with Crippen LogP contribution in [0.5, 0.6) is 5.75 Å². The molecule has 0 unspecified atom stereocenters. The Labute approximate surface area is 126 Å². The molecule has 1 amide bonds. The summed E-state index contributed by atoms with van der Waals surface area (Å²) in [6, 6.07) is 5.77. The monoisotopic (exact) mass is 303 g/mol. The third-order valence-corrected chi connectivity index (χ3v) is 3.86. The molecule has 2 heterocycles. The van der Waals surface area contributed by atoms with Crippen LogP contribution >= 0.6 is 0 Å². The van der Waals surface area contributed by atoms with Gasteiger partial charge < -0.3 is 19.6 Å². The first kappa shape index (κ1) is 14.6. The van der Waals surface area contributed by atoms with Gasteiger partial charge >= 0.3 is 5.63 Å². The Balaban J connectivity index is 2.30. The second kappa shape index (κ2) is 4.84. The molecular weight excluding hydrogens is 286 g/mol. The van der Waals surface area contributed by atoms with E-state index in [4.69, 9.17) is 9.15 Å². The van der Waals surface area contributed by atoms with E-state index in [1.165, 1.54) is 13.0 Å². The topological polar surface area (TPSA) is 88.8 Å². The summed E-state index contributed by atoms with van der Waals surface area (Å²) < 4.78 is 11.1. The zero-order valence-electron chi connectivity index (χ0n) is 12.5. The maximum Gasteiger partial charge on any atom is 0.336 e.